The van der Waals surface area contributed by atoms with Gasteiger partial charge >= 0.3 is 5.97 Å². The number of hydrogen-bond donors (Lipinski definition) is 1. The maximum atomic E-state index is 14.2. The maximum Gasteiger partial charge on any atom is 0.338 e. The third-order valence-corrected chi connectivity index (χ3v) is 8.30. The van der Waals surface area contributed by atoms with E-state index in [0.717, 1.165) is 27.7 Å². The Morgan fingerprint density at radius 2 is 1.88 bits per heavy atom. The van der Waals surface area contributed by atoms with Gasteiger partial charge in [-0.1, -0.05) is 65.9 Å². The van der Waals surface area contributed by atoms with Crippen LogP contribution < -0.4 is 24.4 Å². The molecule has 0 saturated heterocycles. The van der Waals surface area contributed by atoms with E-state index in [4.69, 9.17) is 19.2 Å². The average Bonchev–Trinajstić information content (AvgIpc) is 3.69. The van der Waals surface area contributed by atoms with Gasteiger partial charge in [0, 0.05) is 16.5 Å². The van der Waals surface area contributed by atoms with Gasteiger partial charge in [0.1, 0.15) is 0 Å². The minimum Gasteiger partial charge on any atom is -0.463 e. The minimum atomic E-state index is -0.737. The number of para-hydroxylation sites is 1. The summed E-state index contributed by atoms with van der Waals surface area (Å²) in [7, 11) is 0. The molecule has 204 valence electrons. The zero-order valence-corrected chi connectivity index (χ0v) is 23.2. The van der Waals surface area contributed by atoms with E-state index in [1.54, 1.807) is 24.5 Å². The quantitative estimate of drug-likeness (QED) is 0.314. The van der Waals surface area contributed by atoms with Crippen molar-refractivity contribution in [2.75, 3.05) is 13.4 Å². The molecule has 41 heavy (non-hydrogen) atoms. The summed E-state index contributed by atoms with van der Waals surface area (Å²) in [5, 5.41) is 1.01. The molecule has 1 N–H and O–H groups in total. The summed E-state index contributed by atoms with van der Waals surface area (Å²) in [5.74, 6) is 0.676. The van der Waals surface area contributed by atoms with E-state index in [1.165, 1.54) is 11.3 Å². The average molecular weight is 564 g/mol. The molecule has 9 heteroatoms. The number of nitrogens with one attached hydrogen (secondary N) is 1. The largest absolute Gasteiger partial charge is 0.463 e. The lowest BCUT2D eigenvalue weighted by molar-refractivity contribution is -0.139. The second-order valence-corrected chi connectivity index (χ2v) is 10.7. The summed E-state index contributed by atoms with van der Waals surface area (Å²) < 4.78 is 18.6. The number of allylic oxidation sites excluding steroid dienone is 1. The minimum absolute atomic E-state index is 0.121. The van der Waals surface area contributed by atoms with E-state index >= 15 is 0 Å². The van der Waals surface area contributed by atoms with Crippen LogP contribution in [0.15, 0.2) is 93.9 Å². The van der Waals surface area contributed by atoms with Gasteiger partial charge in [0.15, 0.2) is 16.3 Å². The lowest BCUT2D eigenvalue weighted by Gasteiger charge is -2.24. The van der Waals surface area contributed by atoms with Crippen molar-refractivity contribution < 1.29 is 19.0 Å². The van der Waals surface area contributed by atoms with E-state index in [2.05, 4.69) is 4.98 Å². The van der Waals surface area contributed by atoms with Gasteiger partial charge in [0.2, 0.25) is 6.79 Å². The highest BCUT2D eigenvalue weighted by atomic mass is 32.1. The first-order chi connectivity index (χ1) is 20.0. The number of aromatic nitrogens is 2. The number of thiazole rings is 1. The first-order valence-electron chi connectivity index (χ1n) is 13.3. The lowest BCUT2D eigenvalue weighted by Crippen LogP contribution is -2.39. The first-order valence-corrected chi connectivity index (χ1v) is 14.1. The van der Waals surface area contributed by atoms with Crippen molar-refractivity contribution in [2.24, 2.45) is 4.99 Å². The van der Waals surface area contributed by atoms with Crippen molar-refractivity contribution in [1.29, 1.82) is 0 Å². The number of carbonyl (C=O) groups excluding carboxylic acids is 1. The molecule has 2 aliphatic heterocycles. The van der Waals surface area contributed by atoms with Crippen LogP contribution in [0.5, 0.6) is 11.5 Å². The number of esters is 1. The van der Waals surface area contributed by atoms with Gasteiger partial charge in [-0.25, -0.2) is 9.79 Å². The summed E-state index contributed by atoms with van der Waals surface area (Å²) in [5.41, 5.74) is 5.13. The molecule has 3 aromatic carbocycles. The van der Waals surface area contributed by atoms with Crippen molar-refractivity contribution >= 4 is 34.3 Å². The topological polar surface area (TPSA) is 94.9 Å². The van der Waals surface area contributed by atoms with Crippen molar-refractivity contribution in [3.63, 3.8) is 0 Å². The third kappa shape index (κ3) is 4.17. The van der Waals surface area contributed by atoms with Gasteiger partial charge in [0.25, 0.3) is 5.56 Å². The molecule has 7 rings (SSSR count). The lowest BCUT2D eigenvalue weighted by atomic mass is 9.95. The van der Waals surface area contributed by atoms with Gasteiger partial charge in [0.05, 0.1) is 34.1 Å². The Bertz CT molecular complexity index is 2050. The molecule has 5 aromatic rings. The van der Waals surface area contributed by atoms with Crippen LogP contribution in [0.4, 0.5) is 0 Å². The van der Waals surface area contributed by atoms with E-state index in [-0.39, 0.29) is 19.0 Å². The molecule has 1 atom stereocenters. The fourth-order valence-corrected chi connectivity index (χ4v) is 6.50. The number of aromatic amines is 1. The highest BCUT2D eigenvalue weighted by Crippen LogP contribution is 2.38. The smallest absolute Gasteiger partial charge is 0.338 e. The van der Waals surface area contributed by atoms with E-state index in [0.29, 0.717) is 37.7 Å². The van der Waals surface area contributed by atoms with Crippen LogP contribution in [0, 0.1) is 0 Å². The Hall–Kier alpha value is -4.89. The second-order valence-electron chi connectivity index (χ2n) is 9.74. The first kappa shape index (κ1) is 25.1. The van der Waals surface area contributed by atoms with Crippen molar-refractivity contribution in [1.82, 2.24) is 9.55 Å². The Kier molecular flexibility index (Phi) is 6.09. The summed E-state index contributed by atoms with van der Waals surface area (Å²) in [6, 6.07) is 22.8. The summed E-state index contributed by atoms with van der Waals surface area (Å²) in [4.78, 5) is 36.2. The highest BCUT2D eigenvalue weighted by molar-refractivity contribution is 7.07. The SMILES string of the molecule is CCOC(=O)C1=C(C)N=c2s/c(=C/c3c(-c4ccccc4)[nH]c4ccccc34)c(=O)n2[C@@H]1c1ccc2c(c1)OCO2. The number of rotatable bonds is 5. The van der Waals surface area contributed by atoms with Crippen LogP contribution in [-0.4, -0.2) is 28.9 Å². The van der Waals surface area contributed by atoms with E-state index in [1.807, 2.05) is 72.8 Å². The fourth-order valence-electron chi connectivity index (χ4n) is 5.47. The molecule has 0 aliphatic carbocycles. The van der Waals surface area contributed by atoms with E-state index < -0.39 is 12.0 Å². The highest BCUT2D eigenvalue weighted by Gasteiger charge is 2.34. The molecule has 0 bridgehead atoms. The Morgan fingerprint density at radius 3 is 2.71 bits per heavy atom. The van der Waals surface area contributed by atoms with Crippen LogP contribution in [-0.2, 0) is 9.53 Å². The predicted molar refractivity (Wildman–Crippen MR) is 157 cm³/mol. The van der Waals surface area contributed by atoms with Gasteiger partial charge in [-0.05, 0) is 49.2 Å². The molecule has 0 saturated carbocycles. The summed E-state index contributed by atoms with van der Waals surface area (Å²) >= 11 is 1.30. The molecule has 8 nitrogen and oxygen atoms in total. The van der Waals surface area contributed by atoms with Crippen molar-refractivity contribution in [2.45, 2.75) is 19.9 Å². The van der Waals surface area contributed by atoms with Crippen molar-refractivity contribution in [3.8, 4) is 22.8 Å². The van der Waals surface area contributed by atoms with Gasteiger partial charge < -0.3 is 19.2 Å². The van der Waals surface area contributed by atoms with Gasteiger partial charge in [-0.15, -0.1) is 0 Å². The van der Waals surface area contributed by atoms with E-state index in [9.17, 15) is 9.59 Å². The molecule has 2 aromatic heterocycles. The molecule has 0 spiro atoms. The zero-order chi connectivity index (χ0) is 28.1. The zero-order valence-electron chi connectivity index (χ0n) is 22.3. The number of carbonyl (C=O) groups is 1. The molecule has 2 aliphatic rings. The number of ether oxygens (including phenoxy) is 3. The standard InChI is InChI=1S/C32H25N3O5S/c1-3-38-31(37)27-18(2)33-32-35(29(27)20-13-14-24-25(15-20)40-17-39-24)30(36)26(41-32)16-22-21-11-7-8-12-23(21)34-28(22)19-9-5-4-6-10-19/h4-16,29,34H,3,17H2,1-2H3/b26-16+/t29-/m1/s1. The fraction of sp³-hybridized carbons (Fsp3) is 0.156. The molecular formula is C32H25N3O5S. The second kappa shape index (κ2) is 9.94. The Balaban J connectivity index is 1.46. The third-order valence-electron chi connectivity index (χ3n) is 7.31. The molecule has 0 fully saturated rings. The molecule has 0 unspecified atom stereocenters. The Morgan fingerprint density at radius 1 is 1.10 bits per heavy atom. The predicted octanol–water partition coefficient (Wildman–Crippen LogP) is 4.68. The molecule has 0 radical (unpaired) electrons. The molecule has 4 heterocycles. The van der Waals surface area contributed by atoms with Gasteiger partial charge in [-0.2, -0.15) is 0 Å². The maximum absolute atomic E-state index is 14.2. The van der Waals surface area contributed by atoms with Crippen molar-refractivity contribution in [3.05, 3.63) is 115 Å². The number of benzene rings is 3. The number of hydrogen-bond acceptors (Lipinski definition) is 7. The number of H-pyrrole nitrogens is 1. The van der Waals surface area contributed by atoms with Crippen LogP contribution in [0.3, 0.4) is 0 Å². The van der Waals surface area contributed by atoms with Crippen LogP contribution in [0.1, 0.15) is 31.0 Å². The van der Waals surface area contributed by atoms with Crippen LogP contribution in [0.2, 0.25) is 0 Å². The monoisotopic (exact) mass is 563 g/mol. The normalized spacial score (nSPS) is 16.1. The Labute approximate surface area is 238 Å². The number of nitrogens with zero attached hydrogens (tertiary/aromatic N) is 2. The summed E-state index contributed by atoms with van der Waals surface area (Å²) in [6.07, 6.45) is 1.92. The van der Waals surface area contributed by atoms with Crippen LogP contribution in [0.25, 0.3) is 28.2 Å². The molecular weight excluding hydrogens is 538 g/mol. The summed E-state index contributed by atoms with van der Waals surface area (Å²) in [6.45, 7) is 3.85. The van der Waals surface area contributed by atoms with Crippen LogP contribution >= 0.6 is 11.3 Å². The number of fused-ring (bicyclic) bond motifs is 3. The van der Waals surface area contributed by atoms with Gasteiger partial charge in [-0.3, -0.25) is 9.36 Å². The molecule has 0 amide bonds.